The molecular formula is C12H16FNO. The zero-order chi connectivity index (χ0) is 11.4. The van der Waals surface area contributed by atoms with Crippen LogP contribution in [-0.4, -0.2) is 11.9 Å². The van der Waals surface area contributed by atoms with Crippen LogP contribution in [0.2, 0.25) is 0 Å². The fraction of sp³-hybridized carbons (Fsp3) is 0.417. The Bertz CT molecular complexity index is 332. The molecule has 0 fully saturated rings. The summed E-state index contributed by atoms with van der Waals surface area (Å²) in [6.45, 7) is 5.70. The van der Waals surface area contributed by atoms with Crippen molar-refractivity contribution < 1.29 is 9.18 Å². The smallest absolute Gasteiger partial charge is 0.226 e. The first-order valence-corrected chi connectivity index (χ1v) is 5.14. The van der Waals surface area contributed by atoms with Gasteiger partial charge >= 0.3 is 0 Å². The number of carbonyl (C=O) groups is 1. The van der Waals surface area contributed by atoms with Crippen molar-refractivity contribution >= 4 is 11.6 Å². The van der Waals surface area contributed by atoms with Crippen LogP contribution in [0.5, 0.6) is 0 Å². The molecule has 0 radical (unpaired) electrons. The molecule has 0 spiro atoms. The van der Waals surface area contributed by atoms with Gasteiger partial charge in [0.1, 0.15) is 5.82 Å². The molecule has 3 heteroatoms. The third-order valence-electron chi connectivity index (χ3n) is 2.19. The van der Waals surface area contributed by atoms with Crippen LogP contribution in [0.4, 0.5) is 10.1 Å². The summed E-state index contributed by atoms with van der Waals surface area (Å²) in [6.07, 6.45) is 0.454. The molecule has 0 aromatic heterocycles. The lowest BCUT2D eigenvalue weighted by molar-refractivity contribution is -0.118. The molecule has 1 rings (SSSR count). The molecule has 2 nitrogen and oxygen atoms in total. The summed E-state index contributed by atoms with van der Waals surface area (Å²) in [4.78, 5) is 13.4. The van der Waals surface area contributed by atoms with Gasteiger partial charge in [-0.2, -0.15) is 0 Å². The van der Waals surface area contributed by atoms with Gasteiger partial charge in [0.25, 0.3) is 0 Å². The number of hydrogen-bond acceptors (Lipinski definition) is 1. The predicted octanol–water partition coefficient (Wildman–Crippen LogP) is 2.98. The highest BCUT2D eigenvalue weighted by molar-refractivity contribution is 5.93. The summed E-state index contributed by atoms with van der Waals surface area (Å²) in [5, 5.41) is 0. The lowest BCUT2D eigenvalue weighted by Crippen LogP contribution is -2.36. The van der Waals surface area contributed by atoms with Crippen molar-refractivity contribution in [1.29, 1.82) is 0 Å². The van der Waals surface area contributed by atoms with Crippen LogP contribution in [-0.2, 0) is 4.79 Å². The summed E-state index contributed by atoms with van der Waals surface area (Å²) in [5.41, 5.74) is 0.748. The minimum absolute atomic E-state index is 0.0524. The normalized spacial score (nSPS) is 10.5. The third-order valence-corrected chi connectivity index (χ3v) is 2.19. The van der Waals surface area contributed by atoms with Crippen molar-refractivity contribution in [1.82, 2.24) is 0 Å². The summed E-state index contributed by atoms with van der Waals surface area (Å²) < 4.78 is 12.7. The van der Waals surface area contributed by atoms with Crippen LogP contribution >= 0.6 is 0 Å². The first-order valence-electron chi connectivity index (χ1n) is 5.14. The topological polar surface area (TPSA) is 20.3 Å². The predicted molar refractivity (Wildman–Crippen MR) is 59.3 cm³/mol. The number of carbonyl (C=O) groups excluding carboxylic acids is 1. The van der Waals surface area contributed by atoms with Gasteiger partial charge in [0, 0.05) is 18.2 Å². The Kier molecular flexibility index (Phi) is 3.83. The summed E-state index contributed by atoms with van der Waals surface area (Å²) in [7, 11) is 0. The van der Waals surface area contributed by atoms with E-state index in [4.69, 9.17) is 0 Å². The average Bonchev–Trinajstić information content (AvgIpc) is 2.20. The molecule has 1 aromatic rings. The SMILES string of the molecule is CCC(=O)N(c1ccc(F)cc1)C(C)C. The second kappa shape index (κ2) is 4.91. The highest BCUT2D eigenvalue weighted by Gasteiger charge is 2.16. The highest BCUT2D eigenvalue weighted by atomic mass is 19.1. The van der Waals surface area contributed by atoms with E-state index in [1.165, 1.54) is 12.1 Å². The van der Waals surface area contributed by atoms with Crippen molar-refractivity contribution in [2.24, 2.45) is 0 Å². The molecule has 0 bridgehead atoms. The monoisotopic (exact) mass is 209 g/mol. The summed E-state index contributed by atoms with van der Waals surface area (Å²) in [5.74, 6) is -0.233. The number of amides is 1. The van der Waals surface area contributed by atoms with Crippen LogP contribution in [0.3, 0.4) is 0 Å². The molecule has 0 atom stereocenters. The molecule has 0 heterocycles. The minimum atomic E-state index is -0.286. The maximum atomic E-state index is 12.7. The maximum absolute atomic E-state index is 12.7. The zero-order valence-electron chi connectivity index (χ0n) is 9.33. The molecule has 15 heavy (non-hydrogen) atoms. The fourth-order valence-electron chi connectivity index (χ4n) is 1.50. The zero-order valence-corrected chi connectivity index (χ0v) is 9.33. The van der Waals surface area contributed by atoms with Gasteiger partial charge in [0.15, 0.2) is 0 Å². The van der Waals surface area contributed by atoms with Gasteiger partial charge in [0.2, 0.25) is 5.91 Å². The van der Waals surface area contributed by atoms with E-state index in [1.807, 2.05) is 20.8 Å². The van der Waals surface area contributed by atoms with Crippen LogP contribution in [0.25, 0.3) is 0 Å². The van der Waals surface area contributed by atoms with E-state index in [9.17, 15) is 9.18 Å². The Labute approximate surface area is 89.7 Å². The van der Waals surface area contributed by atoms with E-state index in [0.29, 0.717) is 6.42 Å². The number of halogens is 1. The van der Waals surface area contributed by atoms with Crippen molar-refractivity contribution in [3.63, 3.8) is 0 Å². The van der Waals surface area contributed by atoms with E-state index in [0.717, 1.165) is 5.69 Å². The Morgan fingerprint density at radius 1 is 1.33 bits per heavy atom. The van der Waals surface area contributed by atoms with Gasteiger partial charge in [0.05, 0.1) is 0 Å². The van der Waals surface area contributed by atoms with E-state index >= 15 is 0 Å². The van der Waals surface area contributed by atoms with Gasteiger partial charge in [-0.25, -0.2) is 4.39 Å². The number of hydrogen-bond donors (Lipinski definition) is 0. The molecule has 0 unspecified atom stereocenters. The molecule has 82 valence electrons. The first kappa shape index (κ1) is 11.7. The first-order chi connectivity index (χ1) is 7.06. The van der Waals surface area contributed by atoms with Gasteiger partial charge in [-0.05, 0) is 38.1 Å². The van der Waals surface area contributed by atoms with Gasteiger partial charge in [-0.3, -0.25) is 4.79 Å². The molecule has 0 aliphatic carbocycles. The van der Waals surface area contributed by atoms with E-state index in [1.54, 1.807) is 17.0 Å². The summed E-state index contributed by atoms with van der Waals surface area (Å²) in [6, 6.07) is 6.08. The van der Waals surface area contributed by atoms with Gasteiger partial charge in [-0.1, -0.05) is 6.92 Å². The molecular weight excluding hydrogens is 193 g/mol. The standard InChI is InChI=1S/C12H16FNO/c1-4-12(15)14(9(2)3)11-7-5-10(13)6-8-11/h5-9H,4H2,1-3H3. The van der Waals surface area contributed by atoms with Crippen molar-refractivity contribution in [3.8, 4) is 0 Å². The second-order valence-corrected chi connectivity index (χ2v) is 3.69. The van der Waals surface area contributed by atoms with E-state index in [-0.39, 0.29) is 17.8 Å². The quantitative estimate of drug-likeness (QED) is 0.749. The average molecular weight is 209 g/mol. The second-order valence-electron chi connectivity index (χ2n) is 3.69. The van der Waals surface area contributed by atoms with Crippen LogP contribution < -0.4 is 4.90 Å². The van der Waals surface area contributed by atoms with Crippen LogP contribution in [0.15, 0.2) is 24.3 Å². The summed E-state index contributed by atoms with van der Waals surface area (Å²) >= 11 is 0. The van der Waals surface area contributed by atoms with Gasteiger partial charge < -0.3 is 4.90 Å². The number of benzene rings is 1. The molecule has 0 saturated heterocycles. The van der Waals surface area contributed by atoms with Crippen molar-refractivity contribution in [2.45, 2.75) is 33.2 Å². The molecule has 0 aliphatic heterocycles. The molecule has 0 N–H and O–H groups in total. The fourth-order valence-corrected chi connectivity index (χ4v) is 1.50. The third kappa shape index (κ3) is 2.78. The number of rotatable bonds is 3. The Morgan fingerprint density at radius 2 is 1.87 bits per heavy atom. The largest absolute Gasteiger partial charge is 0.310 e. The van der Waals surface area contributed by atoms with Crippen molar-refractivity contribution in [3.05, 3.63) is 30.1 Å². The Morgan fingerprint density at radius 3 is 2.27 bits per heavy atom. The van der Waals surface area contributed by atoms with E-state index in [2.05, 4.69) is 0 Å². The maximum Gasteiger partial charge on any atom is 0.226 e. The lowest BCUT2D eigenvalue weighted by atomic mass is 10.2. The van der Waals surface area contributed by atoms with Crippen LogP contribution in [0.1, 0.15) is 27.2 Å². The van der Waals surface area contributed by atoms with Crippen LogP contribution in [0, 0.1) is 5.82 Å². The Balaban J connectivity index is 2.99. The minimum Gasteiger partial charge on any atom is -0.310 e. The Hall–Kier alpha value is -1.38. The molecule has 1 amide bonds. The number of anilines is 1. The molecule has 1 aromatic carbocycles. The molecule has 0 saturated carbocycles. The number of nitrogens with zero attached hydrogens (tertiary/aromatic N) is 1. The highest BCUT2D eigenvalue weighted by Crippen LogP contribution is 2.18. The van der Waals surface area contributed by atoms with Gasteiger partial charge in [-0.15, -0.1) is 0 Å². The van der Waals surface area contributed by atoms with E-state index < -0.39 is 0 Å². The van der Waals surface area contributed by atoms with Crippen molar-refractivity contribution in [2.75, 3.05) is 4.90 Å². The molecule has 0 aliphatic rings. The lowest BCUT2D eigenvalue weighted by Gasteiger charge is -2.26.